The lowest BCUT2D eigenvalue weighted by atomic mass is 9.60. The summed E-state index contributed by atoms with van der Waals surface area (Å²) in [6.07, 6.45) is 20.3. The van der Waals surface area contributed by atoms with E-state index in [0.717, 1.165) is 48.0 Å². The molecule has 0 radical (unpaired) electrons. The predicted octanol–water partition coefficient (Wildman–Crippen LogP) is 9.30. The van der Waals surface area contributed by atoms with Crippen molar-refractivity contribution in [2.24, 2.45) is 29.6 Å². The molecule has 1 aromatic carbocycles. The van der Waals surface area contributed by atoms with Gasteiger partial charge in [0.1, 0.15) is 11.6 Å². The molecule has 0 amide bonds. The standard InChI is InChI=1S/C30H47FO/c1-3-5-7-22-8-10-23(11-9-22)24-12-13-26-20-27(15-14-25(26)19-24)29-17-16-28(21-30(29)31)32-18-6-4-2/h16-17,21-27H,3-15,18-20H2,1-2H3. The smallest absolute Gasteiger partial charge is 0.130 e. The summed E-state index contributed by atoms with van der Waals surface area (Å²) in [7, 11) is 0. The highest BCUT2D eigenvalue weighted by molar-refractivity contribution is 5.31. The van der Waals surface area contributed by atoms with Crippen molar-refractivity contribution in [1.29, 1.82) is 0 Å². The van der Waals surface area contributed by atoms with E-state index in [9.17, 15) is 4.39 Å². The van der Waals surface area contributed by atoms with Gasteiger partial charge in [-0.3, -0.25) is 0 Å². The molecule has 4 atom stereocenters. The minimum atomic E-state index is -0.0454. The molecule has 3 saturated carbocycles. The molecule has 3 aliphatic carbocycles. The third-order valence-corrected chi connectivity index (χ3v) is 9.36. The zero-order chi connectivity index (χ0) is 22.3. The number of fused-ring (bicyclic) bond motifs is 1. The Morgan fingerprint density at radius 3 is 2.16 bits per heavy atom. The number of hydrogen-bond acceptors (Lipinski definition) is 1. The van der Waals surface area contributed by atoms with Crippen LogP contribution in [0.3, 0.4) is 0 Å². The summed E-state index contributed by atoms with van der Waals surface area (Å²) in [6, 6.07) is 5.64. The Balaban J connectivity index is 1.26. The Kier molecular flexibility index (Phi) is 8.95. The van der Waals surface area contributed by atoms with Crippen LogP contribution in [0.4, 0.5) is 4.39 Å². The van der Waals surface area contributed by atoms with Gasteiger partial charge in [0.25, 0.3) is 0 Å². The molecule has 3 fully saturated rings. The van der Waals surface area contributed by atoms with E-state index in [1.807, 2.05) is 12.1 Å². The van der Waals surface area contributed by atoms with Crippen molar-refractivity contribution in [3.8, 4) is 5.75 Å². The SMILES string of the molecule is CCCCOc1ccc(C2CCC3CC(C4CCC(CCCC)CC4)CCC3C2)c(F)c1. The van der Waals surface area contributed by atoms with Crippen molar-refractivity contribution in [3.63, 3.8) is 0 Å². The lowest BCUT2D eigenvalue weighted by molar-refractivity contribution is 0.0706. The Labute approximate surface area is 196 Å². The Bertz CT molecular complexity index is 692. The summed E-state index contributed by atoms with van der Waals surface area (Å²) >= 11 is 0. The van der Waals surface area contributed by atoms with Gasteiger partial charge in [-0.25, -0.2) is 4.39 Å². The summed E-state index contributed by atoms with van der Waals surface area (Å²) in [5.41, 5.74) is 0.943. The Hall–Kier alpha value is -1.05. The first-order valence-electron chi connectivity index (χ1n) is 14.1. The van der Waals surface area contributed by atoms with Gasteiger partial charge in [0.05, 0.1) is 6.61 Å². The van der Waals surface area contributed by atoms with E-state index < -0.39 is 0 Å². The number of hydrogen-bond donors (Lipinski definition) is 0. The predicted molar refractivity (Wildman–Crippen MR) is 133 cm³/mol. The maximum Gasteiger partial charge on any atom is 0.130 e. The van der Waals surface area contributed by atoms with E-state index in [2.05, 4.69) is 13.8 Å². The van der Waals surface area contributed by atoms with Crippen molar-refractivity contribution in [3.05, 3.63) is 29.6 Å². The molecule has 32 heavy (non-hydrogen) atoms. The van der Waals surface area contributed by atoms with Gasteiger partial charge in [-0.2, -0.15) is 0 Å². The summed E-state index contributed by atoms with van der Waals surface area (Å²) < 4.78 is 20.6. The van der Waals surface area contributed by atoms with Crippen LogP contribution in [0.25, 0.3) is 0 Å². The van der Waals surface area contributed by atoms with Gasteiger partial charge in [-0.15, -0.1) is 0 Å². The molecule has 180 valence electrons. The molecule has 0 saturated heterocycles. The fourth-order valence-corrected chi connectivity index (χ4v) is 7.34. The van der Waals surface area contributed by atoms with E-state index in [-0.39, 0.29) is 5.82 Å². The van der Waals surface area contributed by atoms with Crippen molar-refractivity contribution in [1.82, 2.24) is 0 Å². The van der Waals surface area contributed by atoms with Gasteiger partial charge in [0.15, 0.2) is 0 Å². The lowest BCUT2D eigenvalue weighted by Gasteiger charge is -2.45. The fourth-order valence-electron chi connectivity index (χ4n) is 7.34. The number of unbranched alkanes of at least 4 members (excludes halogenated alkanes) is 2. The molecule has 0 aliphatic heterocycles. The quantitative estimate of drug-likeness (QED) is 0.346. The molecule has 2 heteroatoms. The normalized spacial score (nSPS) is 33.0. The zero-order valence-electron chi connectivity index (χ0n) is 20.8. The largest absolute Gasteiger partial charge is 0.493 e. The molecule has 0 bridgehead atoms. The molecular formula is C30H47FO. The van der Waals surface area contributed by atoms with E-state index in [4.69, 9.17) is 4.74 Å². The van der Waals surface area contributed by atoms with Crippen LogP contribution in [0.5, 0.6) is 5.75 Å². The molecule has 3 aliphatic rings. The summed E-state index contributed by atoms with van der Waals surface area (Å²) in [6.45, 7) is 5.16. The second-order valence-corrected chi connectivity index (χ2v) is 11.4. The maximum atomic E-state index is 14.9. The van der Waals surface area contributed by atoms with Crippen LogP contribution in [0.1, 0.15) is 122 Å². The topological polar surface area (TPSA) is 9.23 Å². The number of benzene rings is 1. The minimum absolute atomic E-state index is 0.0454. The molecule has 0 N–H and O–H groups in total. The number of ether oxygens (including phenoxy) is 1. The van der Waals surface area contributed by atoms with Crippen molar-refractivity contribution >= 4 is 0 Å². The molecular weight excluding hydrogens is 395 g/mol. The fraction of sp³-hybridized carbons (Fsp3) is 0.800. The van der Waals surface area contributed by atoms with Gasteiger partial charge in [0, 0.05) is 6.07 Å². The molecule has 0 heterocycles. The molecule has 1 nitrogen and oxygen atoms in total. The van der Waals surface area contributed by atoms with Gasteiger partial charge in [-0.1, -0.05) is 58.4 Å². The third kappa shape index (κ3) is 6.09. The van der Waals surface area contributed by atoms with Gasteiger partial charge in [-0.05, 0) is 105 Å². The van der Waals surface area contributed by atoms with E-state index in [1.54, 1.807) is 6.07 Å². The first-order chi connectivity index (χ1) is 15.7. The molecule has 0 spiro atoms. The molecule has 1 aromatic rings. The maximum absolute atomic E-state index is 14.9. The summed E-state index contributed by atoms with van der Waals surface area (Å²) in [5.74, 6) is 5.80. The minimum Gasteiger partial charge on any atom is -0.493 e. The van der Waals surface area contributed by atoms with Crippen molar-refractivity contribution in [2.45, 2.75) is 116 Å². The Morgan fingerprint density at radius 2 is 1.44 bits per heavy atom. The average Bonchev–Trinajstić information content (AvgIpc) is 2.83. The third-order valence-electron chi connectivity index (χ3n) is 9.36. The highest BCUT2D eigenvalue weighted by atomic mass is 19.1. The Morgan fingerprint density at radius 1 is 0.781 bits per heavy atom. The molecule has 0 aromatic heterocycles. The highest BCUT2D eigenvalue weighted by Crippen LogP contribution is 2.51. The van der Waals surface area contributed by atoms with Crippen LogP contribution in [0.2, 0.25) is 0 Å². The first-order valence-corrected chi connectivity index (χ1v) is 14.1. The van der Waals surface area contributed by atoms with Crippen LogP contribution >= 0.6 is 0 Å². The highest BCUT2D eigenvalue weighted by Gasteiger charge is 2.39. The van der Waals surface area contributed by atoms with Crippen molar-refractivity contribution in [2.75, 3.05) is 6.61 Å². The second kappa shape index (κ2) is 11.9. The average molecular weight is 443 g/mol. The first kappa shape index (κ1) is 24.1. The van der Waals surface area contributed by atoms with Crippen LogP contribution < -0.4 is 4.74 Å². The summed E-state index contributed by atoms with van der Waals surface area (Å²) in [5, 5.41) is 0. The molecule has 4 unspecified atom stereocenters. The van der Waals surface area contributed by atoms with Crippen LogP contribution in [0.15, 0.2) is 18.2 Å². The van der Waals surface area contributed by atoms with Crippen molar-refractivity contribution < 1.29 is 9.13 Å². The van der Waals surface area contributed by atoms with Crippen LogP contribution in [-0.4, -0.2) is 6.61 Å². The number of rotatable bonds is 9. The zero-order valence-corrected chi connectivity index (χ0v) is 20.8. The van der Waals surface area contributed by atoms with Crippen LogP contribution in [-0.2, 0) is 0 Å². The van der Waals surface area contributed by atoms with Gasteiger partial charge < -0.3 is 4.74 Å². The number of halogens is 1. The van der Waals surface area contributed by atoms with E-state index in [0.29, 0.717) is 18.3 Å². The van der Waals surface area contributed by atoms with E-state index >= 15 is 0 Å². The monoisotopic (exact) mass is 442 g/mol. The molecule has 4 rings (SSSR count). The lowest BCUT2D eigenvalue weighted by Crippen LogP contribution is -2.34. The van der Waals surface area contributed by atoms with E-state index in [1.165, 1.54) is 83.5 Å². The van der Waals surface area contributed by atoms with Crippen LogP contribution in [0, 0.1) is 35.4 Å². The van der Waals surface area contributed by atoms with Gasteiger partial charge >= 0.3 is 0 Å². The summed E-state index contributed by atoms with van der Waals surface area (Å²) in [4.78, 5) is 0. The van der Waals surface area contributed by atoms with Gasteiger partial charge in [0.2, 0.25) is 0 Å². The second-order valence-electron chi connectivity index (χ2n) is 11.4.